The number of urea groups is 1. The number of aryl methyl sites for hydroxylation is 1. The van der Waals surface area contributed by atoms with Gasteiger partial charge < -0.3 is 24.8 Å². The Labute approximate surface area is 383 Å². The normalized spacial score (nSPS) is 16.9. The SMILES string of the molecule is CCN(C)S(=O)(=O)Nc1ccc(F)c(C(=O)c2c[nH]c3ncc(-c4ccc(N5CCN(C(=O)CC6(O)CCN(c7ccc8c(N9CCC(=O)NC9=O)nn(C)c8c7)CC6)CC5)nc4)cc23)c1F. The van der Waals surface area contributed by atoms with Gasteiger partial charge in [0.15, 0.2) is 11.6 Å². The van der Waals surface area contributed by atoms with E-state index in [9.17, 15) is 32.7 Å². The van der Waals surface area contributed by atoms with E-state index >= 15 is 8.78 Å². The Morgan fingerprint density at radius 2 is 1.66 bits per heavy atom. The number of H-pyrrole nitrogens is 1. The van der Waals surface area contributed by atoms with Crippen LogP contribution in [0.1, 0.15) is 48.5 Å². The summed E-state index contributed by atoms with van der Waals surface area (Å²) in [5.41, 5.74) is 0.591. The second-order valence-electron chi connectivity index (χ2n) is 17.0. The zero-order chi connectivity index (χ0) is 47.4. The fourth-order valence-electron chi connectivity index (χ4n) is 8.78. The van der Waals surface area contributed by atoms with Gasteiger partial charge in [0.2, 0.25) is 17.6 Å². The Balaban J connectivity index is 0.798. The van der Waals surface area contributed by atoms with Gasteiger partial charge in [-0.1, -0.05) is 6.92 Å². The molecule has 19 nitrogen and oxygen atoms in total. The number of nitrogens with zero attached hydrogens (tertiary/aromatic N) is 9. The van der Waals surface area contributed by atoms with Crippen LogP contribution in [-0.2, 0) is 26.8 Å². The highest BCUT2D eigenvalue weighted by atomic mass is 32.2. The topological polar surface area (TPSA) is 222 Å². The number of amides is 4. The fourth-order valence-corrected chi connectivity index (χ4v) is 9.71. The molecule has 0 bridgehead atoms. The summed E-state index contributed by atoms with van der Waals surface area (Å²) in [6.07, 6.45) is 5.55. The largest absolute Gasteiger partial charge is 0.389 e. The molecule has 22 heteroatoms. The molecule has 3 aliphatic heterocycles. The number of pyridine rings is 2. The highest BCUT2D eigenvalue weighted by Gasteiger charge is 2.37. The summed E-state index contributed by atoms with van der Waals surface area (Å²) >= 11 is 0. The second kappa shape index (κ2) is 17.6. The number of rotatable bonds is 12. The van der Waals surface area contributed by atoms with Crippen molar-refractivity contribution < 1.29 is 41.5 Å². The van der Waals surface area contributed by atoms with Gasteiger partial charge in [-0.25, -0.2) is 23.5 Å². The average Bonchev–Trinajstić information content (AvgIpc) is 3.89. The van der Waals surface area contributed by atoms with Crippen molar-refractivity contribution in [1.82, 2.24) is 39.3 Å². The summed E-state index contributed by atoms with van der Waals surface area (Å²) in [7, 11) is -1.07. The van der Waals surface area contributed by atoms with Crippen molar-refractivity contribution in [2.24, 2.45) is 7.05 Å². The lowest BCUT2D eigenvalue weighted by atomic mass is 9.87. The van der Waals surface area contributed by atoms with E-state index in [1.54, 1.807) is 42.0 Å². The lowest BCUT2D eigenvalue weighted by molar-refractivity contribution is -0.137. The van der Waals surface area contributed by atoms with E-state index in [4.69, 9.17) is 0 Å². The fraction of sp³-hybridized carbons (Fsp3) is 0.356. The van der Waals surface area contributed by atoms with Gasteiger partial charge in [-0.3, -0.25) is 34.0 Å². The first-order valence-electron chi connectivity index (χ1n) is 21.8. The number of aliphatic hydroxyl groups is 1. The zero-order valence-electron chi connectivity index (χ0n) is 36.9. The van der Waals surface area contributed by atoms with E-state index in [1.807, 2.05) is 30.3 Å². The molecule has 4 N–H and O–H groups in total. The number of imide groups is 1. The van der Waals surface area contributed by atoms with Crippen molar-refractivity contribution in [2.75, 3.05) is 78.8 Å². The van der Waals surface area contributed by atoms with E-state index in [0.29, 0.717) is 85.9 Å². The number of nitrogens with one attached hydrogen (secondary N) is 3. The smallest absolute Gasteiger partial charge is 0.329 e. The molecule has 6 aromatic rings. The van der Waals surface area contributed by atoms with Crippen LogP contribution in [0.15, 0.2) is 67.1 Å². The lowest BCUT2D eigenvalue weighted by Crippen LogP contribution is -2.52. The van der Waals surface area contributed by atoms with Crippen molar-refractivity contribution in [3.8, 4) is 11.1 Å². The molecule has 0 unspecified atom stereocenters. The molecule has 3 aliphatic rings. The minimum absolute atomic E-state index is 0.0137. The van der Waals surface area contributed by atoms with Crippen LogP contribution in [-0.4, -0.2) is 136 Å². The van der Waals surface area contributed by atoms with Crippen LogP contribution in [0.2, 0.25) is 0 Å². The molecule has 7 heterocycles. The first-order chi connectivity index (χ1) is 32.0. The monoisotopic (exact) mass is 938 g/mol. The van der Waals surface area contributed by atoms with Gasteiger partial charge in [-0.05, 0) is 61.4 Å². The lowest BCUT2D eigenvalue weighted by Gasteiger charge is -2.41. The predicted octanol–water partition coefficient (Wildman–Crippen LogP) is 4.15. The number of halogens is 2. The molecule has 0 atom stereocenters. The van der Waals surface area contributed by atoms with Gasteiger partial charge in [0, 0.05) is 125 Å². The standard InChI is InChI=1S/C45H48F2N12O7S/c1-4-54(2)67(65,66)53-34-9-8-33(46)39(40(34)47)41(62)32-26-50-42-31(32)21-28(25-49-42)27-5-10-36(48-24-27)57-17-19-58(20-18-57)38(61)23-45(64)12-15-56(16-13-45)29-6-7-30-35(22-29)55(3)52-43(30)59-14-11-37(60)51-44(59)63/h5-10,21-22,24-26,53,64H,4,11-20,23H2,1-3H3,(H,49,50)(H,51,60,63). The quantitative estimate of drug-likeness (QED) is 0.127. The van der Waals surface area contributed by atoms with E-state index < -0.39 is 50.5 Å². The molecule has 2 aromatic carbocycles. The molecule has 3 fully saturated rings. The van der Waals surface area contributed by atoms with E-state index in [1.165, 1.54) is 18.1 Å². The molecule has 4 aromatic heterocycles. The van der Waals surface area contributed by atoms with Crippen molar-refractivity contribution in [3.05, 3.63) is 89.9 Å². The summed E-state index contributed by atoms with van der Waals surface area (Å²) in [6.45, 7) is 4.96. The zero-order valence-corrected chi connectivity index (χ0v) is 37.7. The molecule has 350 valence electrons. The number of aromatic nitrogens is 5. The third kappa shape index (κ3) is 8.74. The van der Waals surface area contributed by atoms with Crippen molar-refractivity contribution in [3.63, 3.8) is 0 Å². The van der Waals surface area contributed by atoms with Crippen LogP contribution in [0.3, 0.4) is 0 Å². The molecule has 3 saturated heterocycles. The van der Waals surface area contributed by atoms with Gasteiger partial charge in [0.25, 0.3) is 0 Å². The highest BCUT2D eigenvalue weighted by Crippen LogP contribution is 2.35. The first-order valence-corrected chi connectivity index (χ1v) is 23.2. The maximum atomic E-state index is 15.6. The van der Waals surface area contributed by atoms with Crippen LogP contribution in [0.25, 0.3) is 33.1 Å². The number of piperidine rings is 1. The van der Waals surface area contributed by atoms with Crippen LogP contribution >= 0.6 is 0 Å². The van der Waals surface area contributed by atoms with Crippen molar-refractivity contribution in [1.29, 1.82) is 0 Å². The summed E-state index contributed by atoms with van der Waals surface area (Å²) in [4.78, 5) is 70.8. The molecule has 4 amide bonds. The molecule has 0 saturated carbocycles. The molecule has 0 radical (unpaired) electrons. The van der Waals surface area contributed by atoms with Crippen LogP contribution in [0.5, 0.6) is 0 Å². The molecular weight excluding hydrogens is 891 g/mol. The minimum Gasteiger partial charge on any atom is -0.389 e. The Bertz CT molecular complexity index is 3050. The first kappa shape index (κ1) is 45.1. The minimum atomic E-state index is -4.16. The number of piperazine rings is 1. The number of ketones is 1. The molecule has 0 spiro atoms. The maximum Gasteiger partial charge on any atom is 0.329 e. The van der Waals surface area contributed by atoms with Gasteiger partial charge >= 0.3 is 16.2 Å². The summed E-state index contributed by atoms with van der Waals surface area (Å²) in [6, 6.07) is 12.5. The molecular formula is C45H48F2N12O7S. The number of hydrogen-bond donors (Lipinski definition) is 4. The number of hydrogen-bond acceptors (Lipinski definition) is 12. The summed E-state index contributed by atoms with van der Waals surface area (Å²) in [5.74, 6) is -2.76. The Hall–Kier alpha value is -7.04. The molecule has 67 heavy (non-hydrogen) atoms. The van der Waals surface area contributed by atoms with Crippen molar-refractivity contribution >= 4 is 78.8 Å². The third-order valence-corrected chi connectivity index (χ3v) is 14.4. The number of carbonyl (C=O) groups excluding carboxylic acids is 4. The van der Waals surface area contributed by atoms with Gasteiger partial charge in [0.1, 0.15) is 17.3 Å². The molecule has 0 aliphatic carbocycles. The van der Waals surface area contributed by atoms with E-state index in [-0.39, 0.29) is 43.3 Å². The van der Waals surface area contributed by atoms with Gasteiger partial charge in [0.05, 0.1) is 28.8 Å². The third-order valence-electron chi connectivity index (χ3n) is 12.9. The van der Waals surface area contributed by atoms with Crippen LogP contribution in [0.4, 0.5) is 36.6 Å². The number of fused-ring (bicyclic) bond motifs is 2. The Morgan fingerprint density at radius 3 is 2.36 bits per heavy atom. The second-order valence-corrected chi connectivity index (χ2v) is 18.8. The number of anilines is 4. The summed E-state index contributed by atoms with van der Waals surface area (Å²) in [5, 5.41) is 19.6. The predicted molar refractivity (Wildman–Crippen MR) is 246 cm³/mol. The van der Waals surface area contributed by atoms with E-state index in [0.717, 1.165) is 33.0 Å². The maximum absolute atomic E-state index is 15.6. The summed E-state index contributed by atoms with van der Waals surface area (Å²) < 4.78 is 60.5. The Kier molecular flexibility index (Phi) is 11.9. The number of carbonyl (C=O) groups is 4. The highest BCUT2D eigenvalue weighted by molar-refractivity contribution is 7.90. The average molecular weight is 939 g/mol. The molecule has 9 rings (SSSR count). The van der Waals surface area contributed by atoms with Gasteiger partial charge in [-0.15, -0.1) is 0 Å². The number of aromatic amines is 1. The van der Waals surface area contributed by atoms with Gasteiger partial charge in [-0.2, -0.15) is 17.8 Å². The van der Waals surface area contributed by atoms with Crippen LogP contribution < -0.4 is 24.7 Å². The Morgan fingerprint density at radius 1 is 0.910 bits per heavy atom. The van der Waals surface area contributed by atoms with E-state index in [2.05, 4.69) is 39.9 Å². The number of benzene rings is 2. The van der Waals surface area contributed by atoms with Crippen molar-refractivity contribution in [2.45, 2.75) is 38.2 Å². The van der Waals surface area contributed by atoms with Crippen LogP contribution in [0, 0.1) is 11.6 Å².